The second kappa shape index (κ2) is 11.8. The van der Waals surface area contributed by atoms with Crippen molar-refractivity contribution in [1.29, 1.82) is 0 Å². The Morgan fingerprint density at radius 3 is 2.83 bits per heavy atom. The third-order valence-electron chi connectivity index (χ3n) is 4.02. The van der Waals surface area contributed by atoms with E-state index in [0.717, 1.165) is 28.8 Å². The average Bonchev–Trinajstić information content (AvgIpc) is 3.10. The lowest BCUT2D eigenvalue weighted by atomic mass is 10.2. The summed E-state index contributed by atoms with van der Waals surface area (Å²) >= 11 is 1.64. The molecule has 0 aliphatic heterocycles. The maximum atomic E-state index is 13.4. The van der Waals surface area contributed by atoms with Gasteiger partial charge in [0.05, 0.1) is 23.8 Å². The number of rotatable bonds is 7. The van der Waals surface area contributed by atoms with Gasteiger partial charge in [0.15, 0.2) is 5.96 Å². The van der Waals surface area contributed by atoms with Gasteiger partial charge >= 0.3 is 0 Å². The van der Waals surface area contributed by atoms with E-state index in [0.29, 0.717) is 24.7 Å². The molecule has 0 radical (unpaired) electrons. The molecule has 0 atom stereocenters. The lowest BCUT2D eigenvalue weighted by Crippen LogP contribution is -2.38. The van der Waals surface area contributed by atoms with Gasteiger partial charge in [-0.2, -0.15) is 0 Å². The Kier molecular flexibility index (Phi) is 9.44. The molecule has 0 amide bonds. The summed E-state index contributed by atoms with van der Waals surface area (Å²) in [6, 6.07) is 9.73. The molecule has 30 heavy (non-hydrogen) atoms. The Hall–Kier alpha value is -2.27. The molecule has 0 aliphatic carbocycles. The summed E-state index contributed by atoms with van der Waals surface area (Å²) in [7, 11) is 1.98. The van der Waals surface area contributed by atoms with Gasteiger partial charge in [-0.15, -0.1) is 35.3 Å². The molecule has 3 aromatic rings. The molecule has 0 aliphatic rings. The third kappa shape index (κ3) is 6.91. The molecule has 1 aromatic carbocycles. The number of halogens is 2. The highest BCUT2D eigenvalue weighted by atomic mass is 127. The van der Waals surface area contributed by atoms with Gasteiger partial charge in [-0.05, 0) is 32.0 Å². The lowest BCUT2D eigenvalue weighted by Gasteiger charge is -2.21. The molecule has 1 N–H and O–H groups in total. The molecular formula is C21H25FIN5OS. The quantitative estimate of drug-likeness (QED) is 0.260. The van der Waals surface area contributed by atoms with Crippen LogP contribution < -0.4 is 10.1 Å². The first-order valence-corrected chi connectivity index (χ1v) is 10.2. The van der Waals surface area contributed by atoms with Gasteiger partial charge in [-0.3, -0.25) is 0 Å². The van der Waals surface area contributed by atoms with E-state index < -0.39 is 0 Å². The van der Waals surface area contributed by atoms with E-state index in [2.05, 4.69) is 20.7 Å². The standard InChI is InChI=1S/C21H24FN5OS.HI/c1-4-23-21(27(3)13-18-14-29-15(2)26-18)25-12-16-7-6-10-24-20(16)28-19-9-5-8-17(22)11-19;/h5-11,14H,4,12-13H2,1-3H3,(H,23,25);1H. The number of thiazole rings is 1. The Labute approximate surface area is 197 Å². The number of aliphatic imine (C=N–C) groups is 1. The average molecular weight is 541 g/mol. The molecule has 0 saturated heterocycles. The first-order chi connectivity index (χ1) is 14.0. The second-order valence-electron chi connectivity index (χ2n) is 6.41. The molecule has 0 bridgehead atoms. The van der Waals surface area contributed by atoms with Crippen LogP contribution in [0.4, 0.5) is 4.39 Å². The van der Waals surface area contributed by atoms with E-state index in [4.69, 9.17) is 9.73 Å². The van der Waals surface area contributed by atoms with Crippen LogP contribution in [0.3, 0.4) is 0 Å². The van der Waals surface area contributed by atoms with Crippen molar-refractivity contribution >= 4 is 41.3 Å². The van der Waals surface area contributed by atoms with Crippen molar-refractivity contribution in [3.05, 3.63) is 70.1 Å². The molecular weight excluding hydrogens is 516 g/mol. The first kappa shape index (κ1) is 24.0. The number of aryl methyl sites for hydroxylation is 1. The number of aromatic nitrogens is 2. The van der Waals surface area contributed by atoms with Crippen molar-refractivity contribution in [2.45, 2.75) is 26.9 Å². The molecule has 0 unspecified atom stereocenters. The van der Waals surface area contributed by atoms with Crippen LogP contribution in [0.1, 0.15) is 23.2 Å². The van der Waals surface area contributed by atoms with E-state index in [-0.39, 0.29) is 29.8 Å². The van der Waals surface area contributed by atoms with Crippen LogP contribution in [-0.2, 0) is 13.1 Å². The summed E-state index contributed by atoms with van der Waals surface area (Å²) in [4.78, 5) is 15.5. The normalized spacial score (nSPS) is 11.0. The van der Waals surface area contributed by atoms with E-state index in [1.807, 2.05) is 37.9 Å². The minimum atomic E-state index is -0.355. The lowest BCUT2D eigenvalue weighted by molar-refractivity contribution is 0.450. The van der Waals surface area contributed by atoms with E-state index in [1.165, 1.54) is 12.1 Å². The molecule has 0 fully saturated rings. The Morgan fingerprint density at radius 2 is 2.13 bits per heavy atom. The first-order valence-electron chi connectivity index (χ1n) is 9.33. The predicted molar refractivity (Wildman–Crippen MR) is 129 cm³/mol. The van der Waals surface area contributed by atoms with Crippen LogP contribution in [0.15, 0.2) is 53.0 Å². The fourth-order valence-electron chi connectivity index (χ4n) is 2.71. The zero-order chi connectivity index (χ0) is 20.6. The van der Waals surface area contributed by atoms with Crippen molar-refractivity contribution in [3.8, 4) is 11.6 Å². The zero-order valence-electron chi connectivity index (χ0n) is 17.1. The van der Waals surface area contributed by atoms with E-state index in [1.54, 1.807) is 29.7 Å². The smallest absolute Gasteiger partial charge is 0.224 e. The van der Waals surface area contributed by atoms with Crippen molar-refractivity contribution in [2.24, 2.45) is 4.99 Å². The monoisotopic (exact) mass is 541 g/mol. The van der Waals surface area contributed by atoms with Crippen LogP contribution in [0.25, 0.3) is 0 Å². The van der Waals surface area contributed by atoms with Gasteiger partial charge in [0.1, 0.15) is 11.6 Å². The number of ether oxygens (including phenoxy) is 1. The summed E-state index contributed by atoms with van der Waals surface area (Å²) in [5.41, 5.74) is 1.82. The number of pyridine rings is 1. The molecule has 6 nitrogen and oxygen atoms in total. The fourth-order valence-corrected chi connectivity index (χ4v) is 3.31. The molecule has 0 saturated carbocycles. The molecule has 2 heterocycles. The summed E-state index contributed by atoms with van der Waals surface area (Å²) in [5.74, 6) is 1.22. The SMILES string of the molecule is CCNC(=NCc1cccnc1Oc1cccc(F)c1)N(C)Cc1csc(C)n1.I. The van der Waals surface area contributed by atoms with Crippen LogP contribution in [0.5, 0.6) is 11.6 Å². The van der Waals surface area contributed by atoms with Gasteiger partial charge in [-0.1, -0.05) is 12.1 Å². The third-order valence-corrected chi connectivity index (χ3v) is 4.84. The summed E-state index contributed by atoms with van der Waals surface area (Å²) in [6.07, 6.45) is 1.64. The van der Waals surface area contributed by atoms with Crippen LogP contribution in [0, 0.1) is 12.7 Å². The van der Waals surface area contributed by atoms with Gasteiger partial charge < -0.3 is 15.0 Å². The van der Waals surface area contributed by atoms with Crippen molar-refractivity contribution in [1.82, 2.24) is 20.2 Å². The van der Waals surface area contributed by atoms with Crippen molar-refractivity contribution in [3.63, 3.8) is 0 Å². The number of hydrogen-bond donors (Lipinski definition) is 1. The number of guanidine groups is 1. The van der Waals surface area contributed by atoms with Crippen LogP contribution in [0.2, 0.25) is 0 Å². The van der Waals surface area contributed by atoms with Gasteiger partial charge in [0, 0.05) is 36.8 Å². The van der Waals surface area contributed by atoms with Gasteiger partial charge in [0.2, 0.25) is 5.88 Å². The molecule has 3 rings (SSSR count). The van der Waals surface area contributed by atoms with Crippen LogP contribution >= 0.6 is 35.3 Å². The molecule has 9 heteroatoms. The van der Waals surface area contributed by atoms with Crippen molar-refractivity contribution < 1.29 is 9.13 Å². The Bertz CT molecular complexity index is 981. The minimum Gasteiger partial charge on any atom is -0.439 e. The molecule has 160 valence electrons. The van der Waals surface area contributed by atoms with E-state index >= 15 is 0 Å². The zero-order valence-corrected chi connectivity index (χ0v) is 20.3. The fraction of sp³-hybridized carbons (Fsp3) is 0.286. The van der Waals surface area contributed by atoms with Crippen LogP contribution in [-0.4, -0.2) is 34.4 Å². The number of benzene rings is 1. The van der Waals surface area contributed by atoms with Crippen molar-refractivity contribution in [2.75, 3.05) is 13.6 Å². The Morgan fingerprint density at radius 1 is 1.30 bits per heavy atom. The van der Waals surface area contributed by atoms with Gasteiger partial charge in [-0.25, -0.2) is 19.4 Å². The number of nitrogens with zero attached hydrogens (tertiary/aromatic N) is 4. The minimum absolute atomic E-state index is 0. The number of nitrogens with one attached hydrogen (secondary N) is 1. The highest BCUT2D eigenvalue weighted by Gasteiger charge is 2.11. The maximum Gasteiger partial charge on any atom is 0.224 e. The summed E-state index contributed by atoms with van der Waals surface area (Å²) < 4.78 is 19.2. The maximum absolute atomic E-state index is 13.4. The van der Waals surface area contributed by atoms with E-state index in [9.17, 15) is 4.39 Å². The predicted octanol–water partition coefficient (Wildman–Crippen LogP) is 4.99. The summed E-state index contributed by atoms with van der Waals surface area (Å²) in [5, 5.41) is 6.40. The molecule has 2 aromatic heterocycles. The second-order valence-corrected chi connectivity index (χ2v) is 7.47. The largest absolute Gasteiger partial charge is 0.439 e. The highest BCUT2D eigenvalue weighted by Crippen LogP contribution is 2.24. The highest BCUT2D eigenvalue weighted by molar-refractivity contribution is 14.0. The molecule has 0 spiro atoms. The topological polar surface area (TPSA) is 62.6 Å². The van der Waals surface area contributed by atoms with Gasteiger partial charge in [0.25, 0.3) is 0 Å². The summed E-state index contributed by atoms with van der Waals surface area (Å²) in [6.45, 7) is 5.81. The number of hydrogen-bond acceptors (Lipinski definition) is 5. The Balaban J connectivity index is 0.00000320.